The van der Waals surface area contributed by atoms with E-state index >= 15 is 0 Å². The van der Waals surface area contributed by atoms with Crippen LogP contribution in [0, 0.1) is 11.3 Å². The van der Waals surface area contributed by atoms with Crippen molar-refractivity contribution >= 4 is 5.91 Å². The van der Waals surface area contributed by atoms with Crippen LogP contribution in [0.1, 0.15) is 53.4 Å². The SMILES string of the molecule is CC(C)NC(CN1CCCC(C)(C)C1)(C(N)=O)C1CC1. The van der Waals surface area contributed by atoms with Gasteiger partial charge in [-0.2, -0.15) is 0 Å². The molecular weight excluding hydrogens is 250 g/mol. The predicted molar refractivity (Wildman–Crippen MR) is 82.4 cm³/mol. The Morgan fingerprint density at radius 3 is 2.55 bits per heavy atom. The molecule has 2 rings (SSSR count). The van der Waals surface area contributed by atoms with E-state index in [4.69, 9.17) is 5.73 Å². The fraction of sp³-hybridized carbons (Fsp3) is 0.938. The number of piperidine rings is 1. The number of nitrogens with two attached hydrogens (primary N) is 1. The zero-order chi connectivity index (χ0) is 15.0. The maximum Gasteiger partial charge on any atom is 0.239 e. The highest BCUT2D eigenvalue weighted by Gasteiger charge is 2.51. The predicted octanol–water partition coefficient (Wildman–Crippen LogP) is 1.74. The van der Waals surface area contributed by atoms with Crippen LogP contribution in [-0.4, -0.2) is 42.0 Å². The second-order valence-corrected chi connectivity index (χ2v) is 7.89. The van der Waals surface area contributed by atoms with E-state index in [1.54, 1.807) is 0 Å². The molecular formula is C16H31N3O. The number of primary amides is 1. The number of rotatable bonds is 6. The highest BCUT2D eigenvalue weighted by molar-refractivity contribution is 5.86. The van der Waals surface area contributed by atoms with Crippen LogP contribution in [-0.2, 0) is 4.79 Å². The molecule has 2 fully saturated rings. The van der Waals surface area contributed by atoms with Gasteiger partial charge in [0.2, 0.25) is 5.91 Å². The standard InChI is InChI=1S/C16H31N3O/c1-12(2)18-16(14(17)20,13-6-7-13)11-19-9-5-8-15(3,4)10-19/h12-13,18H,5-11H2,1-4H3,(H2,17,20). The van der Waals surface area contributed by atoms with Crippen molar-refractivity contribution < 1.29 is 4.79 Å². The Balaban J connectivity index is 2.12. The molecule has 2 aliphatic rings. The van der Waals surface area contributed by atoms with Gasteiger partial charge in [0.15, 0.2) is 0 Å². The molecule has 0 aromatic rings. The first-order chi connectivity index (χ1) is 9.25. The molecule has 0 bridgehead atoms. The molecule has 1 aliphatic carbocycles. The van der Waals surface area contributed by atoms with Crippen LogP contribution in [0.3, 0.4) is 0 Å². The molecule has 1 heterocycles. The quantitative estimate of drug-likeness (QED) is 0.779. The molecule has 4 heteroatoms. The van der Waals surface area contributed by atoms with Crippen molar-refractivity contribution in [3.05, 3.63) is 0 Å². The summed E-state index contributed by atoms with van der Waals surface area (Å²) in [6.07, 6.45) is 4.74. The number of nitrogens with zero attached hydrogens (tertiary/aromatic N) is 1. The Hall–Kier alpha value is -0.610. The molecule has 4 nitrogen and oxygen atoms in total. The minimum Gasteiger partial charge on any atom is -0.368 e. The Morgan fingerprint density at radius 2 is 2.10 bits per heavy atom. The first-order valence-electron chi connectivity index (χ1n) is 8.05. The molecule has 1 unspecified atom stereocenters. The number of likely N-dealkylation sites (tertiary alicyclic amines) is 1. The first kappa shape index (κ1) is 15.8. The molecule has 1 saturated heterocycles. The van der Waals surface area contributed by atoms with E-state index in [0.29, 0.717) is 11.3 Å². The maximum absolute atomic E-state index is 12.2. The van der Waals surface area contributed by atoms with E-state index in [1.807, 2.05) is 0 Å². The van der Waals surface area contributed by atoms with Crippen LogP contribution in [0.2, 0.25) is 0 Å². The van der Waals surface area contributed by atoms with E-state index in [2.05, 4.69) is 37.9 Å². The van der Waals surface area contributed by atoms with Gasteiger partial charge in [-0.3, -0.25) is 10.1 Å². The normalized spacial score (nSPS) is 26.4. The van der Waals surface area contributed by atoms with Gasteiger partial charge >= 0.3 is 0 Å². The first-order valence-corrected chi connectivity index (χ1v) is 8.05. The molecule has 3 N–H and O–H groups in total. The molecule has 0 aromatic carbocycles. The fourth-order valence-corrected chi connectivity index (χ4v) is 3.77. The molecule has 1 saturated carbocycles. The number of hydrogen-bond acceptors (Lipinski definition) is 3. The lowest BCUT2D eigenvalue weighted by Gasteiger charge is -2.44. The lowest BCUT2D eigenvalue weighted by atomic mass is 9.82. The Labute approximate surface area is 123 Å². The lowest BCUT2D eigenvalue weighted by molar-refractivity contribution is -0.127. The van der Waals surface area contributed by atoms with Gasteiger partial charge in [0.25, 0.3) is 0 Å². The summed E-state index contributed by atoms with van der Waals surface area (Å²) >= 11 is 0. The maximum atomic E-state index is 12.2. The van der Waals surface area contributed by atoms with E-state index < -0.39 is 5.54 Å². The molecule has 116 valence electrons. The van der Waals surface area contributed by atoms with Crippen molar-refractivity contribution in [1.82, 2.24) is 10.2 Å². The van der Waals surface area contributed by atoms with E-state index in [1.165, 1.54) is 12.8 Å². The van der Waals surface area contributed by atoms with Crippen LogP contribution in [0.25, 0.3) is 0 Å². The smallest absolute Gasteiger partial charge is 0.239 e. The van der Waals surface area contributed by atoms with E-state index in [9.17, 15) is 4.79 Å². The summed E-state index contributed by atoms with van der Waals surface area (Å²) in [5.74, 6) is 0.254. The summed E-state index contributed by atoms with van der Waals surface area (Å²) in [4.78, 5) is 14.7. The van der Waals surface area contributed by atoms with Crippen molar-refractivity contribution in [2.24, 2.45) is 17.1 Å². The number of amides is 1. The summed E-state index contributed by atoms with van der Waals surface area (Å²) in [5.41, 5.74) is 5.64. The number of nitrogens with one attached hydrogen (secondary N) is 1. The molecule has 0 radical (unpaired) electrons. The van der Waals surface area contributed by atoms with Gasteiger partial charge < -0.3 is 10.6 Å². The van der Waals surface area contributed by atoms with Gasteiger partial charge in [0.05, 0.1) is 0 Å². The second kappa shape index (κ2) is 5.64. The monoisotopic (exact) mass is 281 g/mol. The second-order valence-electron chi connectivity index (χ2n) is 7.89. The molecule has 1 atom stereocenters. The van der Waals surface area contributed by atoms with Gasteiger partial charge in [-0.15, -0.1) is 0 Å². The molecule has 0 aromatic heterocycles. The zero-order valence-electron chi connectivity index (χ0n) is 13.5. The van der Waals surface area contributed by atoms with Crippen molar-refractivity contribution in [2.75, 3.05) is 19.6 Å². The van der Waals surface area contributed by atoms with Crippen LogP contribution in [0.5, 0.6) is 0 Å². The highest BCUT2D eigenvalue weighted by atomic mass is 16.1. The van der Waals surface area contributed by atoms with Crippen molar-refractivity contribution in [2.45, 2.75) is 65.0 Å². The largest absolute Gasteiger partial charge is 0.368 e. The van der Waals surface area contributed by atoms with Gasteiger partial charge in [-0.25, -0.2) is 0 Å². The van der Waals surface area contributed by atoms with Crippen molar-refractivity contribution in [3.63, 3.8) is 0 Å². The summed E-state index contributed by atoms with van der Waals surface area (Å²) in [6.45, 7) is 11.8. The highest BCUT2D eigenvalue weighted by Crippen LogP contribution is 2.41. The van der Waals surface area contributed by atoms with Crippen LogP contribution < -0.4 is 11.1 Å². The third-order valence-electron chi connectivity index (χ3n) is 4.71. The average molecular weight is 281 g/mol. The van der Waals surface area contributed by atoms with Crippen LogP contribution in [0.4, 0.5) is 0 Å². The van der Waals surface area contributed by atoms with Gasteiger partial charge in [-0.1, -0.05) is 13.8 Å². The Bertz CT molecular complexity index is 363. The topological polar surface area (TPSA) is 58.4 Å². The van der Waals surface area contributed by atoms with Gasteiger partial charge in [0.1, 0.15) is 5.54 Å². The van der Waals surface area contributed by atoms with Crippen LogP contribution in [0.15, 0.2) is 0 Å². The number of hydrogen-bond donors (Lipinski definition) is 2. The third kappa shape index (κ3) is 3.53. The molecule has 1 aliphatic heterocycles. The third-order valence-corrected chi connectivity index (χ3v) is 4.71. The molecule has 1 amide bonds. The molecule has 0 spiro atoms. The zero-order valence-corrected chi connectivity index (χ0v) is 13.5. The minimum absolute atomic E-state index is 0.169. The summed E-state index contributed by atoms with van der Waals surface area (Å²) in [6, 6.07) is 0.279. The molecule has 20 heavy (non-hydrogen) atoms. The summed E-state index contributed by atoms with van der Waals surface area (Å²) in [5, 5.41) is 3.51. The minimum atomic E-state index is -0.526. The van der Waals surface area contributed by atoms with Gasteiger partial charge in [-0.05, 0) is 57.4 Å². The van der Waals surface area contributed by atoms with Crippen molar-refractivity contribution in [1.29, 1.82) is 0 Å². The van der Waals surface area contributed by atoms with Gasteiger partial charge in [0, 0.05) is 19.1 Å². The Kier molecular flexibility index (Phi) is 4.45. The fourth-order valence-electron chi connectivity index (χ4n) is 3.77. The summed E-state index contributed by atoms with van der Waals surface area (Å²) in [7, 11) is 0. The summed E-state index contributed by atoms with van der Waals surface area (Å²) < 4.78 is 0. The number of carbonyl (C=O) groups excluding carboxylic acids is 1. The Morgan fingerprint density at radius 1 is 1.45 bits per heavy atom. The van der Waals surface area contributed by atoms with E-state index in [-0.39, 0.29) is 11.9 Å². The average Bonchev–Trinajstić information content (AvgIpc) is 3.09. The van der Waals surface area contributed by atoms with Crippen LogP contribution >= 0.6 is 0 Å². The number of carbonyl (C=O) groups is 1. The van der Waals surface area contributed by atoms with E-state index in [0.717, 1.165) is 32.5 Å². The lowest BCUT2D eigenvalue weighted by Crippen LogP contribution is -2.65. The van der Waals surface area contributed by atoms with Crippen molar-refractivity contribution in [3.8, 4) is 0 Å².